The molecule has 0 bridgehead atoms. The summed E-state index contributed by atoms with van der Waals surface area (Å²) in [5.41, 5.74) is 10.4. The van der Waals surface area contributed by atoms with Crippen LogP contribution in [0.4, 0.5) is 5.69 Å². The number of carbonyl (C=O) groups excluding carboxylic acids is 3. The number of hydrogen-bond donors (Lipinski definition) is 2. The van der Waals surface area contributed by atoms with Crippen molar-refractivity contribution in [2.75, 3.05) is 31.8 Å². The van der Waals surface area contributed by atoms with Gasteiger partial charge < -0.3 is 19.3 Å². The number of anilines is 1. The number of nitrogens with zero attached hydrogens (tertiary/aromatic N) is 3. The zero-order valence-corrected chi connectivity index (χ0v) is 25.0. The van der Waals surface area contributed by atoms with E-state index in [9.17, 15) is 14.4 Å². The van der Waals surface area contributed by atoms with Gasteiger partial charge in [-0.15, -0.1) is 0 Å². The van der Waals surface area contributed by atoms with Gasteiger partial charge in [0.2, 0.25) is 12.7 Å². The molecule has 0 aliphatic carbocycles. The van der Waals surface area contributed by atoms with Crippen LogP contribution in [0.3, 0.4) is 0 Å². The number of benzene rings is 3. The molecule has 10 nitrogen and oxygen atoms in total. The number of hydrogen-bond acceptors (Lipinski definition) is 8. The van der Waals surface area contributed by atoms with Gasteiger partial charge in [0.1, 0.15) is 0 Å². The van der Waals surface area contributed by atoms with Crippen LogP contribution in [0.5, 0.6) is 11.5 Å². The van der Waals surface area contributed by atoms with Crippen molar-refractivity contribution in [1.29, 1.82) is 0 Å². The Hall–Kier alpha value is -4.41. The first-order chi connectivity index (χ1) is 21.4. The molecule has 7 rings (SSSR count). The van der Waals surface area contributed by atoms with Crippen LogP contribution in [0.2, 0.25) is 0 Å². The van der Waals surface area contributed by atoms with E-state index in [0.717, 1.165) is 37.1 Å². The average molecular weight is 596 g/mol. The summed E-state index contributed by atoms with van der Waals surface area (Å²) in [4.78, 5) is 46.2. The Bertz CT molecular complexity index is 1600. The van der Waals surface area contributed by atoms with Crippen molar-refractivity contribution in [1.82, 2.24) is 20.7 Å². The summed E-state index contributed by atoms with van der Waals surface area (Å²) >= 11 is 0. The van der Waals surface area contributed by atoms with E-state index >= 15 is 0 Å². The number of imide groups is 1. The third kappa shape index (κ3) is 5.07. The number of piperidine rings is 1. The number of rotatable bonds is 7. The zero-order chi connectivity index (χ0) is 30.4. The third-order valence-electron chi connectivity index (χ3n) is 9.54. The number of nitrogens with one attached hydrogen (secondary N) is 2. The highest BCUT2D eigenvalue weighted by molar-refractivity contribution is 6.23. The monoisotopic (exact) mass is 595 g/mol. The smallest absolute Gasteiger partial charge is 0.263 e. The van der Waals surface area contributed by atoms with Gasteiger partial charge in [-0.25, -0.2) is 5.43 Å². The van der Waals surface area contributed by atoms with Gasteiger partial charge in [0.15, 0.2) is 11.5 Å². The van der Waals surface area contributed by atoms with Gasteiger partial charge in [-0.05, 0) is 61.6 Å². The van der Waals surface area contributed by atoms with Crippen molar-refractivity contribution in [3.63, 3.8) is 0 Å². The van der Waals surface area contributed by atoms with Crippen LogP contribution in [0.25, 0.3) is 0 Å². The van der Waals surface area contributed by atoms with Crippen molar-refractivity contribution in [3.05, 3.63) is 89.0 Å². The fraction of sp³-hybridized carbons (Fsp3) is 0.382. The average Bonchev–Trinajstić information content (AvgIpc) is 3.80. The first kappa shape index (κ1) is 28.4. The van der Waals surface area contributed by atoms with E-state index in [0.29, 0.717) is 29.2 Å². The highest BCUT2D eigenvalue weighted by Crippen LogP contribution is 2.37. The largest absolute Gasteiger partial charge is 0.454 e. The van der Waals surface area contributed by atoms with Crippen molar-refractivity contribution in [2.24, 2.45) is 5.92 Å². The highest BCUT2D eigenvalue weighted by Gasteiger charge is 2.40. The third-order valence-corrected chi connectivity index (χ3v) is 9.54. The van der Waals surface area contributed by atoms with Crippen LogP contribution < -0.4 is 25.2 Å². The number of carbonyl (C=O) groups is 3. The Morgan fingerprint density at radius 1 is 1.00 bits per heavy atom. The molecular weight excluding hydrogens is 558 g/mol. The van der Waals surface area contributed by atoms with E-state index in [1.807, 2.05) is 54.4 Å². The summed E-state index contributed by atoms with van der Waals surface area (Å²) in [6.07, 6.45) is 2.49. The summed E-state index contributed by atoms with van der Waals surface area (Å²) in [7, 11) is 1.89. The highest BCUT2D eigenvalue weighted by atomic mass is 16.7. The van der Waals surface area contributed by atoms with Crippen LogP contribution in [0.1, 0.15) is 64.1 Å². The van der Waals surface area contributed by atoms with Gasteiger partial charge in [0.05, 0.1) is 29.3 Å². The lowest BCUT2D eigenvalue weighted by molar-refractivity contribution is -0.136. The Morgan fingerprint density at radius 3 is 2.66 bits per heavy atom. The molecule has 3 aromatic rings. The minimum Gasteiger partial charge on any atom is -0.454 e. The lowest BCUT2D eigenvalue weighted by Crippen LogP contribution is -2.52. The molecule has 10 heteroatoms. The maximum absolute atomic E-state index is 13.8. The molecule has 3 amide bonds. The van der Waals surface area contributed by atoms with Gasteiger partial charge in [-0.3, -0.25) is 24.7 Å². The quantitative estimate of drug-likeness (QED) is 0.397. The van der Waals surface area contributed by atoms with E-state index in [4.69, 9.17) is 9.47 Å². The summed E-state index contributed by atoms with van der Waals surface area (Å²) in [5.74, 6) is 0.536. The van der Waals surface area contributed by atoms with Crippen molar-refractivity contribution >= 4 is 23.4 Å². The van der Waals surface area contributed by atoms with E-state index in [1.54, 1.807) is 12.1 Å². The number of ether oxygens (including phenoxy) is 2. The van der Waals surface area contributed by atoms with Crippen LogP contribution in [0.15, 0.2) is 66.7 Å². The minimum atomic E-state index is -0.315. The molecular formula is C34H37N5O5. The molecule has 3 aromatic carbocycles. The molecule has 4 aliphatic rings. The van der Waals surface area contributed by atoms with Gasteiger partial charge in [-0.1, -0.05) is 42.5 Å². The molecule has 4 aliphatic heterocycles. The standard InChI is InChI=1S/C34H37N5O5/c1-21(26-17-27(36-35-26)23-8-4-3-5-9-23)37(2)32(40)24-10-7-15-38(19-24)28-12-6-11-25-31(28)34(42)39(33(25)41)18-22-13-14-29-30(16-22)44-20-43-29/h3-6,8-9,11-14,16,21,24,26-27,35-36H,7,10,15,17-20H2,1-2H3. The van der Waals surface area contributed by atoms with Crippen LogP contribution >= 0.6 is 0 Å². The molecule has 2 N–H and O–H groups in total. The lowest BCUT2D eigenvalue weighted by Gasteiger charge is -2.38. The maximum atomic E-state index is 13.8. The Labute approximate surface area is 256 Å². The Balaban J connectivity index is 1.03. The number of amides is 3. The second-order valence-electron chi connectivity index (χ2n) is 12.2. The minimum absolute atomic E-state index is 0.0102. The predicted octanol–water partition coefficient (Wildman–Crippen LogP) is 3.88. The fourth-order valence-electron chi connectivity index (χ4n) is 6.90. The van der Waals surface area contributed by atoms with Crippen LogP contribution in [0, 0.1) is 5.92 Å². The number of likely N-dealkylation sites (N-methyl/N-ethyl adjacent to an activating group) is 1. The van der Waals surface area contributed by atoms with Crippen molar-refractivity contribution < 1.29 is 23.9 Å². The molecule has 0 spiro atoms. The number of fused-ring (bicyclic) bond motifs is 2. The van der Waals surface area contributed by atoms with Gasteiger partial charge in [0.25, 0.3) is 11.8 Å². The van der Waals surface area contributed by atoms with Crippen LogP contribution in [-0.2, 0) is 11.3 Å². The predicted molar refractivity (Wildman–Crippen MR) is 164 cm³/mol. The van der Waals surface area contributed by atoms with Crippen molar-refractivity contribution in [2.45, 2.75) is 50.9 Å². The summed E-state index contributed by atoms with van der Waals surface area (Å²) in [6, 6.07) is 21.5. The zero-order valence-electron chi connectivity index (χ0n) is 25.0. The SMILES string of the molecule is CC(C1CC(c2ccccc2)NN1)N(C)C(=O)C1CCCN(c2cccc3c2C(=O)N(Cc2ccc4c(c2)OCO4)C3=O)C1. The Kier molecular flexibility index (Phi) is 7.47. The molecule has 4 unspecified atom stereocenters. The van der Waals surface area contributed by atoms with Crippen molar-refractivity contribution in [3.8, 4) is 11.5 Å². The van der Waals surface area contributed by atoms with E-state index in [-0.39, 0.29) is 55.1 Å². The molecule has 228 valence electrons. The lowest BCUT2D eigenvalue weighted by atomic mass is 9.93. The topological polar surface area (TPSA) is 103 Å². The van der Waals surface area contributed by atoms with Crippen LogP contribution in [-0.4, -0.2) is 66.5 Å². The second-order valence-corrected chi connectivity index (χ2v) is 12.2. The van der Waals surface area contributed by atoms with Gasteiger partial charge >= 0.3 is 0 Å². The molecule has 44 heavy (non-hydrogen) atoms. The first-order valence-electron chi connectivity index (χ1n) is 15.3. The summed E-state index contributed by atoms with van der Waals surface area (Å²) < 4.78 is 10.9. The fourth-order valence-corrected chi connectivity index (χ4v) is 6.90. The summed E-state index contributed by atoms with van der Waals surface area (Å²) in [5, 5.41) is 0. The first-order valence-corrected chi connectivity index (χ1v) is 15.3. The molecule has 0 saturated carbocycles. The molecule has 4 atom stereocenters. The van der Waals surface area contributed by atoms with E-state index < -0.39 is 0 Å². The van der Waals surface area contributed by atoms with Gasteiger partial charge in [0, 0.05) is 38.3 Å². The molecule has 0 aromatic heterocycles. The van der Waals surface area contributed by atoms with Gasteiger partial charge in [-0.2, -0.15) is 0 Å². The molecule has 0 radical (unpaired) electrons. The normalized spacial score (nSPS) is 23.2. The molecule has 4 heterocycles. The van der Waals surface area contributed by atoms with E-state index in [2.05, 4.69) is 34.8 Å². The maximum Gasteiger partial charge on any atom is 0.263 e. The molecule has 2 fully saturated rings. The second kappa shape index (κ2) is 11.6. The molecule has 2 saturated heterocycles. The Morgan fingerprint density at radius 2 is 1.82 bits per heavy atom. The number of hydrazine groups is 1. The summed E-state index contributed by atoms with van der Waals surface area (Å²) in [6.45, 7) is 3.61. The van der Waals surface area contributed by atoms with E-state index in [1.165, 1.54) is 10.5 Å².